The largest absolute Gasteiger partial charge is 0.481 e. The summed E-state index contributed by atoms with van der Waals surface area (Å²) in [6.07, 6.45) is 0.176. The molecule has 2 atom stereocenters. The van der Waals surface area contributed by atoms with Gasteiger partial charge in [0.15, 0.2) is 5.92 Å². The SMILES string of the molecule is CCOC(=O)C(CC1COCCN1NC)C(=O)O. The zero-order valence-corrected chi connectivity index (χ0v) is 10.7. The fourth-order valence-corrected chi connectivity index (χ4v) is 1.96. The summed E-state index contributed by atoms with van der Waals surface area (Å²) in [6, 6.07) is -0.144. The smallest absolute Gasteiger partial charge is 0.320 e. The summed E-state index contributed by atoms with van der Waals surface area (Å²) in [7, 11) is 1.76. The predicted molar refractivity (Wildman–Crippen MR) is 62.7 cm³/mol. The number of carboxylic acids is 1. The molecular formula is C11H20N2O5. The van der Waals surface area contributed by atoms with Crippen molar-refractivity contribution in [2.75, 3.05) is 33.4 Å². The first-order valence-electron chi connectivity index (χ1n) is 6.01. The van der Waals surface area contributed by atoms with Crippen LogP contribution in [0.1, 0.15) is 13.3 Å². The molecule has 0 aromatic rings. The highest BCUT2D eigenvalue weighted by molar-refractivity contribution is 5.93. The Kier molecular flexibility index (Phi) is 6.03. The molecule has 0 aliphatic carbocycles. The average Bonchev–Trinajstić information content (AvgIpc) is 2.36. The van der Waals surface area contributed by atoms with E-state index < -0.39 is 17.9 Å². The van der Waals surface area contributed by atoms with Crippen LogP contribution in [0.4, 0.5) is 0 Å². The van der Waals surface area contributed by atoms with E-state index >= 15 is 0 Å². The number of rotatable bonds is 6. The standard InChI is InChI=1S/C11H20N2O5/c1-3-18-11(16)9(10(14)15)6-8-7-17-5-4-13(8)12-2/h8-9,12H,3-7H2,1-2H3,(H,14,15). The second-order valence-electron chi connectivity index (χ2n) is 4.02. The molecule has 0 aromatic heterocycles. The second-order valence-corrected chi connectivity index (χ2v) is 4.02. The Hall–Kier alpha value is -1.18. The van der Waals surface area contributed by atoms with Gasteiger partial charge >= 0.3 is 11.9 Å². The summed E-state index contributed by atoms with van der Waals surface area (Å²) in [5.74, 6) is -2.99. The minimum Gasteiger partial charge on any atom is -0.481 e. The number of hydrogen-bond donors (Lipinski definition) is 2. The first kappa shape index (κ1) is 14.9. The Balaban J connectivity index is 2.64. The number of nitrogens with one attached hydrogen (secondary N) is 1. The van der Waals surface area contributed by atoms with Crippen molar-refractivity contribution >= 4 is 11.9 Å². The van der Waals surface area contributed by atoms with Gasteiger partial charge in [-0.25, -0.2) is 5.01 Å². The average molecular weight is 260 g/mol. The highest BCUT2D eigenvalue weighted by Gasteiger charge is 2.34. The van der Waals surface area contributed by atoms with Crippen LogP contribution in [0.2, 0.25) is 0 Å². The molecule has 18 heavy (non-hydrogen) atoms. The number of hydrazine groups is 1. The first-order chi connectivity index (χ1) is 8.60. The van der Waals surface area contributed by atoms with Crippen LogP contribution in [0.25, 0.3) is 0 Å². The lowest BCUT2D eigenvalue weighted by Crippen LogP contribution is -2.52. The van der Waals surface area contributed by atoms with Gasteiger partial charge in [0.25, 0.3) is 0 Å². The van der Waals surface area contributed by atoms with Crippen LogP contribution in [0.3, 0.4) is 0 Å². The summed E-state index contributed by atoms with van der Waals surface area (Å²) in [5, 5.41) is 11.0. The molecule has 2 unspecified atom stereocenters. The van der Waals surface area contributed by atoms with Gasteiger partial charge in [-0.1, -0.05) is 0 Å². The number of carboxylic acid groups (broad SMARTS) is 1. The number of nitrogens with zero attached hydrogens (tertiary/aromatic N) is 1. The molecule has 7 nitrogen and oxygen atoms in total. The van der Waals surface area contributed by atoms with Gasteiger partial charge in [0.1, 0.15) is 0 Å². The van der Waals surface area contributed by atoms with Crippen LogP contribution in [-0.4, -0.2) is 61.5 Å². The van der Waals surface area contributed by atoms with Gasteiger partial charge in [0.2, 0.25) is 0 Å². The van der Waals surface area contributed by atoms with E-state index in [-0.39, 0.29) is 19.1 Å². The Morgan fingerprint density at radius 3 is 2.89 bits per heavy atom. The van der Waals surface area contributed by atoms with Crippen LogP contribution in [0.15, 0.2) is 0 Å². The van der Waals surface area contributed by atoms with Crippen molar-refractivity contribution in [3.63, 3.8) is 0 Å². The highest BCUT2D eigenvalue weighted by atomic mass is 16.5. The maximum atomic E-state index is 11.6. The topological polar surface area (TPSA) is 88.1 Å². The summed E-state index contributed by atoms with van der Waals surface area (Å²) in [6.45, 7) is 3.49. The molecule has 0 spiro atoms. The minimum atomic E-state index is -1.16. The number of carbonyl (C=O) groups is 2. The van der Waals surface area contributed by atoms with Gasteiger partial charge < -0.3 is 14.6 Å². The lowest BCUT2D eigenvalue weighted by molar-refractivity contribution is -0.160. The number of morpholine rings is 1. The van der Waals surface area contributed by atoms with Gasteiger partial charge in [0.05, 0.1) is 19.8 Å². The summed E-state index contributed by atoms with van der Waals surface area (Å²) < 4.78 is 10.1. The van der Waals surface area contributed by atoms with Gasteiger partial charge in [-0.2, -0.15) is 0 Å². The first-order valence-corrected chi connectivity index (χ1v) is 6.01. The number of esters is 1. The molecule has 1 heterocycles. The Morgan fingerprint density at radius 2 is 2.33 bits per heavy atom. The maximum Gasteiger partial charge on any atom is 0.320 e. The molecule has 0 aromatic carbocycles. The van der Waals surface area contributed by atoms with Crippen LogP contribution in [0.5, 0.6) is 0 Å². The van der Waals surface area contributed by atoms with Gasteiger partial charge in [-0.15, -0.1) is 0 Å². The van der Waals surface area contributed by atoms with Gasteiger partial charge in [-0.3, -0.25) is 15.0 Å². The van der Waals surface area contributed by atoms with E-state index in [1.165, 1.54) is 0 Å². The molecule has 0 bridgehead atoms. The summed E-state index contributed by atoms with van der Waals surface area (Å²) >= 11 is 0. The molecule has 104 valence electrons. The molecule has 0 amide bonds. The molecular weight excluding hydrogens is 240 g/mol. The van der Waals surface area contributed by atoms with Crippen molar-refractivity contribution in [1.82, 2.24) is 10.4 Å². The molecule has 1 saturated heterocycles. The minimum absolute atomic E-state index is 0.144. The summed E-state index contributed by atoms with van der Waals surface area (Å²) in [5.41, 5.74) is 2.98. The number of ether oxygens (including phenoxy) is 2. The molecule has 1 rings (SSSR count). The van der Waals surface area contributed by atoms with E-state index in [9.17, 15) is 9.59 Å². The molecule has 1 fully saturated rings. The van der Waals surface area contributed by atoms with E-state index in [0.29, 0.717) is 19.8 Å². The van der Waals surface area contributed by atoms with Crippen LogP contribution >= 0.6 is 0 Å². The number of hydrogen-bond acceptors (Lipinski definition) is 6. The van der Waals surface area contributed by atoms with Crippen LogP contribution in [-0.2, 0) is 19.1 Å². The number of aliphatic carboxylic acids is 1. The normalized spacial score (nSPS) is 22.4. The zero-order valence-electron chi connectivity index (χ0n) is 10.7. The fourth-order valence-electron chi connectivity index (χ4n) is 1.96. The lowest BCUT2D eigenvalue weighted by Gasteiger charge is -2.35. The summed E-state index contributed by atoms with van der Waals surface area (Å²) in [4.78, 5) is 22.7. The van der Waals surface area contributed by atoms with Crippen molar-refractivity contribution < 1.29 is 24.2 Å². The molecule has 0 radical (unpaired) electrons. The van der Waals surface area contributed by atoms with Crippen LogP contribution < -0.4 is 5.43 Å². The molecule has 7 heteroatoms. The molecule has 0 saturated carbocycles. The quantitative estimate of drug-likeness (QED) is 0.490. The Bertz CT molecular complexity index is 297. The van der Waals surface area contributed by atoms with Gasteiger partial charge in [-0.05, 0) is 20.4 Å². The van der Waals surface area contributed by atoms with Crippen molar-refractivity contribution in [1.29, 1.82) is 0 Å². The van der Waals surface area contributed by atoms with Crippen LogP contribution in [0, 0.1) is 5.92 Å². The molecule has 2 N–H and O–H groups in total. The monoisotopic (exact) mass is 260 g/mol. The van der Waals surface area contributed by atoms with Crippen molar-refractivity contribution in [2.24, 2.45) is 5.92 Å². The third-order valence-electron chi connectivity index (χ3n) is 2.89. The Morgan fingerprint density at radius 1 is 1.61 bits per heavy atom. The van der Waals surface area contributed by atoms with E-state index in [4.69, 9.17) is 14.6 Å². The van der Waals surface area contributed by atoms with Crippen molar-refractivity contribution in [3.8, 4) is 0 Å². The number of carbonyl (C=O) groups excluding carboxylic acids is 1. The van der Waals surface area contributed by atoms with Crippen molar-refractivity contribution in [3.05, 3.63) is 0 Å². The van der Waals surface area contributed by atoms with E-state index in [0.717, 1.165) is 0 Å². The Labute approximate surface area is 106 Å². The third kappa shape index (κ3) is 3.94. The lowest BCUT2D eigenvalue weighted by atomic mass is 9.99. The molecule has 1 aliphatic rings. The van der Waals surface area contributed by atoms with Crippen molar-refractivity contribution in [2.45, 2.75) is 19.4 Å². The second kappa shape index (κ2) is 7.30. The highest BCUT2D eigenvalue weighted by Crippen LogP contribution is 2.16. The van der Waals surface area contributed by atoms with E-state index in [2.05, 4.69) is 5.43 Å². The predicted octanol–water partition coefficient (Wildman–Crippen LogP) is -0.524. The van der Waals surface area contributed by atoms with Gasteiger partial charge in [0, 0.05) is 12.6 Å². The van der Waals surface area contributed by atoms with E-state index in [1.807, 2.05) is 5.01 Å². The van der Waals surface area contributed by atoms with E-state index in [1.54, 1.807) is 14.0 Å². The maximum absolute atomic E-state index is 11.6. The molecule has 1 aliphatic heterocycles. The fraction of sp³-hybridized carbons (Fsp3) is 0.818. The zero-order chi connectivity index (χ0) is 13.5. The third-order valence-corrected chi connectivity index (χ3v) is 2.89.